The van der Waals surface area contributed by atoms with E-state index in [1.807, 2.05) is 6.92 Å². The molecule has 10 heavy (non-hydrogen) atoms. The fourth-order valence-electron chi connectivity index (χ4n) is 0.622. The van der Waals surface area contributed by atoms with Gasteiger partial charge in [0.25, 0.3) is 0 Å². The fraction of sp³-hybridized carbons (Fsp3) is 0.833. The molecule has 0 aliphatic heterocycles. The Hall–Kier alpha value is -0.930. The van der Waals surface area contributed by atoms with Crippen molar-refractivity contribution in [2.45, 2.75) is 33.1 Å². The van der Waals surface area contributed by atoms with Gasteiger partial charge in [-0.3, -0.25) is 0 Å². The van der Waals surface area contributed by atoms with Gasteiger partial charge in [-0.2, -0.15) is 0 Å². The summed E-state index contributed by atoms with van der Waals surface area (Å²) in [6, 6.07) is 0. The van der Waals surface area contributed by atoms with Crippen LogP contribution in [0.1, 0.15) is 33.1 Å². The largest absolute Gasteiger partial charge is 0.233 e. The van der Waals surface area contributed by atoms with Crippen LogP contribution >= 0.6 is 0 Å². The first-order valence-electron chi connectivity index (χ1n) is 3.35. The summed E-state index contributed by atoms with van der Waals surface area (Å²) in [5.74, 6) is 0. The van der Waals surface area contributed by atoms with Crippen molar-refractivity contribution in [3.8, 4) is 0 Å². The molecule has 0 N–H and O–H groups in total. The average molecular weight is 144 g/mol. The number of hydrogen-bond donors (Lipinski definition) is 0. The summed E-state index contributed by atoms with van der Waals surface area (Å²) in [5.41, 5.74) is 0.604. The predicted molar refractivity (Wildman–Crippen MR) is 39.6 cm³/mol. The van der Waals surface area contributed by atoms with Crippen LogP contribution in [0.5, 0.6) is 0 Å². The summed E-state index contributed by atoms with van der Waals surface area (Å²) >= 11 is 0. The molecule has 0 bridgehead atoms. The van der Waals surface area contributed by atoms with Crippen molar-refractivity contribution in [2.75, 3.05) is 0 Å². The van der Waals surface area contributed by atoms with Crippen LogP contribution in [-0.2, 0) is 0 Å². The third-order valence-electron chi connectivity index (χ3n) is 1.14. The zero-order valence-electron chi connectivity index (χ0n) is 6.33. The van der Waals surface area contributed by atoms with Crippen LogP contribution in [0.3, 0.4) is 0 Å². The highest BCUT2D eigenvalue weighted by Gasteiger charge is 1.95. The van der Waals surface area contributed by atoms with Crippen molar-refractivity contribution in [1.29, 1.82) is 0 Å². The lowest BCUT2D eigenvalue weighted by molar-refractivity contribution is -0.485. The lowest BCUT2D eigenvalue weighted by atomic mass is 10.2. The average Bonchev–Trinajstić information content (AvgIpc) is 1.82. The number of rotatable bonds is 4. The molecule has 0 saturated heterocycles. The molecule has 0 amide bonds. The predicted octanol–water partition coefficient (Wildman–Crippen LogP) is 1.83. The van der Waals surface area contributed by atoms with Crippen LogP contribution in [0.25, 0.3) is 0 Å². The van der Waals surface area contributed by atoms with Crippen LogP contribution in [0.4, 0.5) is 0 Å². The van der Waals surface area contributed by atoms with Gasteiger partial charge in [-0.25, -0.2) is 10.1 Å². The Balaban J connectivity index is 3.60. The summed E-state index contributed by atoms with van der Waals surface area (Å²) in [6.45, 7) is 3.72. The molecule has 0 unspecified atom stereocenters. The van der Waals surface area contributed by atoms with E-state index in [0.717, 1.165) is 19.3 Å². The van der Waals surface area contributed by atoms with E-state index in [0.29, 0.717) is 5.71 Å². The molecule has 0 aromatic carbocycles. The highest BCUT2D eigenvalue weighted by molar-refractivity contribution is 5.81. The molecular formula is C6H12N2O2. The summed E-state index contributed by atoms with van der Waals surface area (Å²) in [6.07, 6.45) is 2.76. The Bertz CT molecular complexity index is 143. The first-order valence-corrected chi connectivity index (χ1v) is 3.35. The molecule has 0 saturated carbocycles. The van der Waals surface area contributed by atoms with Crippen LogP contribution in [0.15, 0.2) is 5.10 Å². The Kier molecular flexibility index (Phi) is 4.45. The van der Waals surface area contributed by atoms with Crippen LogP contribution in [-0.4, -0.2) is 10.7 Å². The summed E-state index contributed by atoms with van der Waals surface area (Å²) in [7, 11) is 0. The van der Waals surface area contributed by atoms with E-state index < -0.39 is 5.03 Å². The highest BCUT2D eigenvalue weighted by atomic mass is 16.7. The maximum absolute atomic E-state index is 9.79. The molecular weight excluding hydrogens is 132 g/mol. The minimum atomic E-state index is -0.648. The standard InChI is InChI=1S/C6H12N2O2/c1-3-4-5-6(2)7-8(9)10/h3-5H2,1-2H3/b7-6+. The molecule has 58 valence electrons. The number of nitrogens with zero attached hydrogens (tertiary/aromatic N) is 2. The molecule has 0 atom stereocenters. The van der Waals surface area contributed by atoms with E-state index in [-0.39, 0.29) is 0 Å². The second-order valence-corrected chi connectivity index (χ2v) is 2.18. The van der Waals surface area contributed by atoms with E-state index in [4.69, 9.17) is 0 Å². The van der Waals surface area contributed by atoms with Gasteiger partial charge < -0.3 is 0 Å². The van der Waals surface area contributed by atoms with Gasteiger partial charge in [-0.05, 0) is 19.8 Å². The number of hydrogen-bond acceptors (Lipinski definition) is 2. The monoisotopic (exact) mass is 144 g/mol. The highest BCUT2D eigenvalue weighted by Crippen LogP contribution is 1.96. The van der Waals surface area contributed by atoms with E-state index in [2.05, 4.69) is 5.10 Å². The lowest BCUT2D eigenvalue weighted by Gasteiger charge is -1.90. The Morgan fingerprint density at radius 2 is 2.30 bits per heavy atom. The quantitative estimate of drug-likeness (QED) is 0.343. The first kappa shape index (κ1) is 9.07. The summed E-state index contributed by atoms with van der Waals surface area (Å²) in [5, 5.41) is 12.3. The second-order valence-electron chi connectivity index (χ2n) is 2.18. The van der Waals surface area contributed by atoms with Crippen molar-refractivity contribution in [3.63, 3.8) is 0 Å². The second kappa shape index (κ2) is 4.90. The molecule has 0 radical (unpaired) electrons. The van der Waals surface area contributed by atoms with E-state index in [1.165, 1.54) is 0 Å². The number of unbranched alkanes of at least 4 members (excludes halogenated alkanes) is 1. The van der Waals surface area contributed by atoms with E-state index in [1.54, 1.807) is 6.92 Å². The van der Waals surface area contributed by atoms with Gasteiger partial charge in [0.15, 0.2) is 5.03 Å². The third-order valence-corrected chi connectivity index (χ3v) is 1.14. The van der Waals surface area contributed by atoms with Gasteiger partial charge in [0.2, 0.25) is 0 Å². The fourth-order valence-corrected chi connectivity index (χ4v) is 0.622. The minimum Gasteiger partial charge on any atom is -0.233 e. The SMILES string of the molecule is CCCC/C(C)=N/[N+](=O)[O-]. The minimum absolute atomic E-state index is 0.604. The van der Waals surface area contributed by atoms with Crippen molar-refractivity contribution in [2.24, 2.45) is 5.10 Å². The summed E-state index contributed by atoms with van der Waals surface area (Å²) in [4.78, 5) is 9.79. The molecule has 0 aliphatic carbocycles. The molecule has 0 aromatic rings. The van der Waals surface area contributed by atoms with Gasteiger partial charge in [-0.1, -0.05) is 13.3 Å². The van der Waals surface area contributed by atoms with Crippen molar-refractivity contribution >= 4 is 5.71 Å². The maximum atomic E-state index is 9.79. The van der Waals surface area contributed by atoms with Crippen molar-refractivity contribution < 1.29 is 5.03 Å². The van der Waals surface area contributed by atoms with Gasteiger partial charge >= 0.3 is 0 Å². The molecule has 0 aliphatic rings. The molecule has 0 rings (SSSR count). The zero-order valence-corrected chi connectivity index (χ0v) is 6.33. The Morgan fingerprint density at radius 3 is 2.70 bits per heavy atom. The van der Waals surface area contributed by atoms with Gasteiger partial charge in [-0.15, -0.1) is 0 Å². The lowest BCUT2D eigenvalue weighted by Crippen LogP contribution is -1.96. The van der Waals surface area contributed by atoms with Crippen LogP contribution in [0, 0.1) is 10.1 Å². The molecule has 0 fully saturated rings. The van der Waals surface area contributed by atoms with E-state index in [9.17, 15) is 10.1 Å². The molecule has 4 heteroatoms. The van der Waals surface area contributed by atoms with Gasteiger partial charge in [0.05, 0.1) is 10.8 Å². The number of hydrazone groups is 1. The molecule has 4 nitrogen and oxygen atoms in total. The van der Waals surface area contributed by atoms with Crippen molar-refractivity contribution in [1.82, 2.24) is 0 Å². The first-order chi connectivity index (χ1) is 4.66. The van der Waals surface area contributed by atoms with Crippen LogP contribution in [0.2, 0.25) is 0 Å². The molecule has 0 aromatic heterocycles. The van der Waals surface area contributed by atoms with Crippen molar-refractivity contribution in [3.05, 3.63) is 10.1 Å². The maximum Gasteiger partial charge on any atom is 0.190 e. The third kappa shape index (κ3) is 5.21. The van der Waals surface area contributed by atoms with Crippen LogP contribution < -0.4 is 0 Å². The Labute approximate surface area is 60.1 Å². The normalized spacial score (nSPS) is 11.6. The number of nitro groups is 1. The van der Waals surface area contributed by atoms with Gasteiger partial charge in [0, 0.05) is 0 Å². The molecule has 0 spiro atoms. The smallest absolute Gasteiger partial charge is 0.190 e. The molecule has 0 heterocycles. The summed E-state index contributed by atoms with van der Waals surface area (Å²) < 4.78 is 0. The Morgan fingerprint density at radius 1 is 1.70 bits per heavy atom. The van der Waals surface area contributed by atoms with Gasteiger partial charge in [0.1, 0.15) is 0 Å². The van der Waals surface area contributed by atoms with E-state index >= 15 is 0 Å². The zero-order chi connectivity index (χ0) is 7.98. The topological polar surface area (TPSA) is 55.5 Å².